The van der Waals surface area contributed by atoms with Crippen molar-refractivity contribution in [1.82, 2.24) is 25.0 Å². The molecule has 1 amide bonds. The van der Waals surface area contributed by atoms with Gasteiger partial charge in [0.1, 0.15) is 6.33 Å². The lowest BCUT2D eigenvalue weighted by molar-refractivity contribution is 0.0750. The number of benzene rings is 1. The minimum Gasteiger partial charge on any atom is -0.390 e. The fraction of sp³-hybridized carbons (Fsp3) is 0.550. The number of hydrogen-bond acceptors (Lipinski definition) is 5. The van der Waals surface area contributed by atoms with Crippen LogP contribution in [-0.4, -0.2) is 74.3 Å². The monoisotopic (exact) mass is 369 g/mol. The summed E-state index contributed by atoms with van der Waals surface area (Å²) in [6, 6.07) is 7.46. The molecule has 2 aliphatic heterocycles. The number of aliphatic hydroxyl groups is 1. The summed E-state index contributed by atoms with van der Waals surface area (Å²) >= 11 is 0. The fourth-order valence-electron chi connectivity index (χ4n) is 4.28. The number of aromatic amines is 1. The number of likely N-dealkylation sites (tertiary alicyclic amines) is 2. The van der Waals surface area contributed by atoms with Crippen molar-refractivity contribution in [2.45, 2.75) is 44.2 Å². The van der Waals surface area contributed by atoms with Gasteiger partial charge in [-0.1, -0.05) is 37.5 Å². The SMILES string of the molecule is O=C(c1ccccc1-c1ncn[nH]1)N1C[C@@H](O)[C@H](N2CCCCCCC2)C1. The molecule has 2 fully saturated rings. The summed E-state index contributed by atoms with van der Waals surface area (Å²) in [6.07, 6.45) is 7.11. The Hall–Kier alpha value is -2.25. The number of β-amino-alcohol motifs (C(OH)–C–C–N with tert-alkyl or cyclic N) is 1. The lowest BCUT2D eigenvalue weighted by Gasteiger charge is -2.31. The molecule has 1 aromatic heterocycles. The standard InChI is InChI=1S/C20H27N5O2/c26-18-13-25(12-17(18)24-10-6-2-1-3-7-11-24)20(27)16-9-5-4-8-15(16)19-21-14-22-23-19/h4-5,8-9,14,17-18,26H,1-3,6-7,10-13H2,(H,21,22,23)/t17-,18-/m1/s1. The third-order valence-electron chi connectivity index (χ3n) is 5.73. The highest BCUT2D eigenvalue weighted by molar-refractivity contribution is 6.00. The first-order valence-corrected chi connectivity index (χ1v) is 9.90. The molecular weight excluding hydrogens is 342 g/mol. The van der Waals surface area contributed by atoms with Crippen LogP contribution in [0.2, 0.25) is 0 Å². The van der Waals surface area contributed by atoms with Crippen molar-refractivity contribution in [3.8, 4) is 11.4 Å². The molecule has 2 aromatic rings. The Morgan fingerprint density at radius 1 is 1.07 bits per heavy atom. The van der Waals surface area contributed by atoms with Crippen LogP contribution in [0.1, 0.15) is 42.5 Å². The Kier molecular flexibility index (Phi) is 5.50. The molecule has 144 valence electrons. The number of H-pyrrole nitrogens is 1. The van der Waals surface area contributed by atoms with Crippen molar-refractivity contribution in [1.29, 1.82) is 0 Å². The Bertz CT molecular complexity index is 755. The van der Waals surface area contributed by atoms with E-state index in [-0.39, 0.29) is 11.9 Å². The van der Waals surface area contributed by atoms with Crippen LogP contribution in [0.3, 0.4) is 0 Å². The molecule has 1 aromatic carbocycles. The second kappa shape index (κ2) is 8.19. The summed E-state index contributed by atoms with van der Waals surface area (Å²) in [6.45, 7) is 2.98. The summed E-state index contributed by atoms with van der Waals surface area (Å²) in [5.74, 6) is 0.523. The number of carbonyl (C=O) groups is 1. The van der Waals surface area contributed by atoms with E-state index >= 15 is 0 Å². The van der Waals surface area contributed by atoms with E-state index in [1.54, 1.807) is 4.90 Å². The predicted molar refractivity (Wildman–Crippen MR) is 102 cm³/mol. The average Bonchev–Trinajstić information content (AvgIpc) is 3.31. The quantitative estimate of drug-likeness (QED) is 0.863. The zero-order valence-corrected chi connectivity index (χ0v) is 15.5. The molecule has 0 radical (unpaired) electrons. The Labute approximate surface area is 159 Å². The van der Waals surface area contributed by atoms with Crippen LogP contribution in [-0.2, 0) is 0 Å². The third kappa shape index (κ3) is 3.89. The van der Waals surface area contributed by atoms with Crippen molar-refractivity contribution >= 4 is 5.91 Å². The van der Waals surface area contributed by atoms with Crippen molar-refractivity contribution in [3.05, 3.63) is 36.2 Å². The van der Waals surface area contributed by atoms with Crippen LogP contribution in [0.4, 0.5) is 0 Å². The highest BCUT2D eigenvalue weighted by Gasteiger charge is 2.38. The summed E-state index contributed by atoms with van der Waals surface area (Å²) in [5.41, 5.74) is 1.33. The second-order valence-electron chi connectivity index (χ2n) is 7.53. The maximum Gasteiger partial charge on any atom is 0.254 e. The number of nitrogens with one attached hydrogen (secondary N) is 1. The van der Waals surface area contributed by atoms with E-state index < -0.39 is 6.10 Å². The van der Waals surface area contributed by atoms with Gasteiger partial charge in [0.05, 0.1) is 17.7 Å². The average molecular weight is 369 g/mol. The molecular formula is C20H27N5O2. The predicted octanol–water partition coefficient (Wildman–Crippen LogP) is 1.92. The van der Waals surface area contributed by atoms with E-state index in [1.807, 2.05) is 24.3 Å². The van der Waals surface area contributed by atoms with Crippen molar-refractivity contribution in [3.63, 3.8) is 0 Å². The first-order chi connectivity index (χ1) is 13.2. The maximum absolute atomic E-state index is 13.2. The van der Waals surface area contributed by atoms with Gasteiger partial charge in [-0.05, 0) is 32.0 Å². The summed E-state index contributed by atoms with van der Waals surface area (Å²) in [5, 5.41) is 17.4. The number of rotatable bonds is 3. The van der Waals surface area contributed by atoms with Crippen LogP contribution in [0.15, 0.2) is 30.6 Å². The third-order valence-corrected chi connectivity index (χ3v) is 5.73. The zero-order chi connectivity index (χ0) is 18.6. The van der Waals surface area contributed by atoms with Crippen LogP contribution >= 0.6 is 0 Å². The molecule has 7 nitrogen and oxygen atoms in total. The van der Waals surface area contributed by atoms with Crippen molar-refractivity contribution in [2.75, 3.05) is 26.2 Å². The molecule has 27 heavy (non-hydrogen) atoms. The number of aromatic nitrogens is 3. The summed E-state index contributed by atoms with van der Waals surface area (Å²) in [4.78, 5) is 21.5. The van der Waals surface area contributed by atoms with Crippen LogP contribution in [0, 0.1) is 0 Å². The highest BCUT2D eigenvalue weighted by Crippen LogP contribution is 2.25. The van der Waals surface area contributed by atoms with Gasteiger partial charge in [-0.15, -0.1) is 0 Å². The molecule has 7 heteroatoms. The lowest BCUT2D eigenvalue weighted by Crippen LogP contribution is -2.45. The minimum absolute atomic E-state index is 0.0319. The number of nitrogens with zero attached hydrogens (tertiary/aromatic N) is 4. The molecule has 0 spiro atoms. The Balaban J connectivity index is 1.51. The Morgan fingerprint density at radius 3 is 2.56 bits per heavy atom. The van der Waals surface area contributed by atoms with Crippen LogP contribution in [0.25, 0.3) is 11.4 Å². The van der Waals surface area contributed by atoms with E-state index in [0.29, 0.717) is 24.5 Å². The topological polar surface area (TPSA) is 85.3 Å². The van der Waals surface area contributed by atoms with Gasteiger partial charge in [0, 0.05) is 18.7 Å². The smallest absolute Gasteiger partial charge is 0.254 e. The molecule has 2 aliphatic rings. The first-order valence-electron chi connectivity index (χ1n) is 9.90. The number of hydrogen-bond donors (Lipinski definition) is 2. The van der Waals surface area contributed by atoms with Gasteiger partial charge in [0.15, 0.2) is 5.82 Å². The number of carbonyl (C=O) groups excluding carboxylic acids is 1. The molecule has 0 aliphatic carbocycles. The van der Waals surface area contributed by atoms with Crippen LogP contribution < -0.4 is 0 Å². The Morgan fingerprint density at radius 2 is 1.81 bits per heavy atom. The molecule has 4 rings (SSSR count). The highest BCUT2D eigenvalue weighted by atomic mass is 16.3. The maximum atomic E-state index is 13.2. The molecule has 0 bridgehead atoms. The van der Waals surface area contributed by atoms with Gasteiger partial charge >= 0.3 is 0 Å². The first kappa shape index (κ1) is 18.1. The molecule has 2 saturated heterocycles. The molecule has 0 saturated carbocycles. The molecule has 0 unspecified atom stereocenters. The van der Waals surface area contributed by atoms with Gasteiger partial charge in [-0.25, -0.2) is 4.98 Å². The van der Waals surface area contributed by atoms with Crippen molar-refractivity contribution < 1.29 is 9.90 Å². The van der Waals surface area contributed by atoms with E-state index in [4.69, 9.17) is 0 Å². The summed E-state index contributed by atoms with van der Waals surface area (Å²) < 4.78 is 0. The summed E-state index contributed by atoms with van der Waals surface area (Å²) in [7, 11) is 0. The fourth-order valence-corrected chi connectivity index (χ4v) is 4.28. The lowest BCUT2D eigenvalue weighted by atomic mass is 10.1. The van der Waals surface area contributed by atoms with Gasteiger partial charge in [0.25, 0.3) is 5.91 Å². The van der Waals surface area contributed by atoms with Crippen molar-refractivity contribution in [2.24, 2.45) is 0 Å². The molecule has 2 N–H and O–H groups in total. The minimum atomic E-state index is -0.495. The van der Waals surface area contributed by atoms with E-state index in [9.17, 15) is 9.90 Å². The molecule has 3 heterocycles. The van der Waals surface area contributed by atoms with Gasteiger partial charge in [-0.3, -0.25) is 14.8 Å². The van der Waals surface area contributed by atoms with Gasteiger partial charge in [-0.2, -0.15) is 5.10 Å². The van der Waals surface area contributed by atoms with Crippen LogP contribution in [0.5, 0.6) is 0 Å². The van der Waals surface area contributed by atoms with E-state index in [2.05, 4.69) is 20.1 Å². The zero-order valence-electron chi connectivity index (χ0n) is 15.5. The van der Waals surface area contributed by atoms with E-state index in [1.165, 1.54) is 38.4 Å². The molecule has 2 atom stereocenters. The second-order valence-corrected chi connectivity index (χ2v) is 7.53. The normalized spacial score (nSPS) is 24.6. The van der Waals surface area contributed by atoms with Gasteiger partial charge in [0.2, 0.25) is 0 Å². The largest absolute Gasteiger partial charge is 0.390 e. The van der Waals surface area contributed by atoms with Gasteiger partial charge < -0.3 is 10.0 Å². The number of aliphatic hydroxyl groups excluding tert-OH is 1. The van der Waals surface area contributed by atoms with E-state index in [0.717, 1.165) is 18.7 Å². The number of amides is 1.